The minimum absolute atomic E-state index is 0.00555. The van der Waals surface area contributed by atoms with E-state index in [9.17, 15) is 14.9 Å². The van der Waals surface area contributed by atoms with Crippen LogP contribution in [-0.2, 0) is 10.3 Å². The van der Waals surface area contributed by atoms with Gasteiger partial charge in [0, 0.05) is 22.2 Å². The number of nitrogens with one attached hydrogen (secondary N) is 2. The largest absolute Gasteiger partial charge is 0.493 e. The third-order valence-corrected chi connectivity index (χ3v) is 6.18. The van der Waals surface area contributed by atoms with Crippen LogP contribution in [0, 0.1) is 22.5 Å². The first kappa shape index (κ1) is 21.0. The topological polar surface area (TPSA) is 103 Å². The molecule has 4 atom stereocenters. The molecule has 0 bridgehead atoms. The molecule has 2 aromatic carbocycles. The van der Waals surface area contributed by atoms with Crippen LogP contribution in [0.2, 0.25) is 5.02 Å². The summed E-state index contributed by atoms with van der Waals surface area (Å²) in [6.45, 7) is 1.81. The maximum Gasteiger partial charge on any atom is 0.256 e. The van der Waals surface area contributed by atoms with E-state index < -0.39 is 34.4 Å². The Labute approximate surface area is 184 Å². The molecule has 0 aromatic heterocycles. The van der Waals surface area contributed by atoms with Gasteiger partial charge in [-0.05, 0) is 30.7 Å². The van der Waals surface area contributed by atoms with Crippen molar-refractivity contribution < 1.29 is 19.2 Å². The lowest BCUT2D eigenvalue weighted by Crippen LogP contribution is -2.54. The number of carbonyl (C=O) groups excluding carboxylic acids is 1. The van der Waals surface area contributed by atoms with E-state index in [4.69, 9.17) is 27.5 Å². The van der Waals surface area contributed by atoms with Crippen molar-refractivity contribution in [1.29, 1.82) is 0 Å². The average Bonchev–Trinajstić information content (AvgIpc) is 3.21. The molecule has 2 heterocycles. The summed E-state index contributed by atoms with van der Waals surface area (Å²) in [7, 11) is 1.45. The molecular formula is C22H20ClN3O5. The van der Waals surface area contributed by atoms with Crippen LogP contribution in [0.5, 0.6) is 11.5 Å². The average molecular weight is 442 g/mol. The van der Waals surface area contributed by atoms with E-state index in [1.807, 2.05) is 6.92 Å². The first-order valence-electron chi connectivity index (χ1n) is 9.61. The van der Waals surface area contributed by atoms with E-state index in [0.29, 0.717) is 22.6 Å². The van der Waals surface area contributed by atoms with Crippen LogP contribution in [0.15, 0.2) is 36.4 Å². The minimum Gasteiger partial charge on any atom is -0.493 e. The second-order valence-corrected chi connectivity index (χ2v) is 7.93. The van der Waals surface area contributed by atoms with Gasteiger partial charge in [0.1, 0.15) is 6.61 Å². The maximum absolute atomic E-state index is 13.1. The molecule has 4 rings (SSSR count). The Kier molecular flexibility index (Phi) is 5.25. The number of amides is 1. The zero-order chi connectivity index (χ0) is 22.3. The minimum atomic E-state index is -1.50. The molecule has 8 nitrogen and oxygen atoms in total. The lowest BCUT2D eigenvalue weighted by Gasteiger charge is -2.25. The van der Waals surface area contributed by atoms with Gasteiger partial charge in [-0.1, -0.05) is 35.7 Å². The molecular weight excluding hydrogens is 422 g/mol. The highest BCUT2D eigenvalue weighted by molar-refractivity contribution is 6.32. The van der Waals surface area contributed by atoms with Crippen LogP contribution in [0.3, 0.4) is 0 Å². The molecule has 0 saturated carbocycles. The summed E-state index contributed by atoms with van der Waals surface area (Å²) < 4.78 is 10.9. The molecule has 1 amide bonds. The SMILES string of the molecule is C#CCOc1c(Cl)cc([C@@H]2[C@H](C)N[C@]3(C(=O)Nc4ccccc43)[C@H]2[N+](=O)[O-])cc1OC. The molecule has 1 fully saturated rings. The molecule has 1 spiro atoms. The summed E-state index contributed by atoms with van der Waals surface area (Å²) in [5.41, 5.74) is 0.185. The Bertz CT molecular complexity index is 1110. The summed E-state index contributed by atoms with van der Waals surface area (Å²) in [6.07, 6.45) is 5.26. The van der Waals surface area contributed by atoms with Crippen molar-refractivity contribution in [2.24, 2.45) is 0 Å². The number of carbonyl (C=O) groups is 1. The molecule has 160 valence electrons. The first-order chi connectivity index (χ1) is 14.8. The number of ether oxygens (including phenoxy) is 2. The standard InChI is InChI=1S/C22H20ClN3O5/c1-4-9-31-19-15(23)10-13(11-17(19)30-3)18-12(2)25-22(20(18)26(28)29)14-7-5-6-8-16(14)24-21(22)27/h1,5-8,10-12,18,20,25H,9H2,2-3H3,(H,24,27)/t12-,18-,20-,22-/m0/s1. The van der Waals surface area contributed by atoms with Crippen LogP contribution < -0.4 is 20.1 Å². The molecule has 2 aliphatic rings. The van der Waals surface area contributed by atoms with Gasteiger partial charge in [0.2, 0.25) is 0 Å². The number of halogens is 1. The van der Waals surface area contributed by atoms with E-state index in [2.05, 4.69) is 16.6 Å². The Morgan fingerprint density at radius 3 is 2.77 bits per heavy atom. The van der Waals surface area contributed by atoms with Crippen LogP contribution in [0.1, 0.15) is 24.0 Å². The number of hydrogen-bond acceptors (Lipinski definition) is 6. The zero-order valence-corrected chi connectivity index (χ0v) is 17.6. The van der Waals surface area contributed by atoms with Crippen molar-refractivity contribution in [2.75, 3.05) is 19.0 Å². The number of rotatable bonds is 5. The third-order valence-electron chi connectivity index (χ3n) is 5.90. The lowest BCUT2D eigenvalue weighted by atomic mass is 9.78. The number of fused-ring (bicyclic) bond motifs is 2. The molecule has 9 heteroatoms. The summed E-state index contributed by atoms with van der Waals surface area (Å²) in [5, 5.41) is 18.6. The molecule has 0 unspecified atom stereocenters. The zero-order valence-electron chi connectivity index (χ0n) is 16.8. The Morgan fingerprint density at radius 1 is 1.35 bits per heavy atom. The highest BCUT2D eigenvalue weighted by Crippen LogP contribution is 2.51. The fraction of sp³-hybridized carbons (Fsp3) is 0.318. The fourth-order valence-corrected chi connectivity index (χ4v) is 5.01. The van der Waals surface area contributed by atoms with Crippen LogP contribution in [-0.4, -0.2) is 36.6 Å². The van der Waals surface area contributed by atoms with Crippen molar-refractivity contribution in [1.82, 2.24) is 5.32 Å². The fourth-order valence-electron chi connectivity index (χ4n) is 4.74. The van der Waals surface area contributed by atoms with E-state index in [1.165, 1.54) is 7.11 Å². The van der Waals surface area contributed by atoms with E-state index in [-0.39, 0.29) is 17.4 Å². The highest BCUT2D eigenvalue weighted by atomic mass is 35.5. The molecule has 2 aliphatic heterocycles. The normalized spacial score (nSPS) is 26.3. The van der Waals surface area contributed by atoms with Crippen molar-refractivity contribution in [3.8, 4) is 23.8 Å². The van der Waals surface area contributed by atoms with Gasteiger partial charge in [-0.25, -0.2) is 0 Å². The van der Waals surface area contributed by atoms with Crippen LogP contribution in [0.25, 0.3) is 0 Å². The summed E-state index contributed by atoms with van der Waals surface area (Å²) >= 11 is 6.42. The second-order valence-electron chi connectivity index (χ2n) is 7.52. The monoisotopic (exact) mass is 441 g/mol. The van der Waals surface area contributed by atoms with Crippen molar-refractivity contribution in [2.45, 2.75) is 30.5 Å². The first-order valence-corrected chi connectivity index (χ1v) is 9.98. The van der Waals surface area contributed by atoms with Crippen molar-refractivity contribution in [3.63, 3.8) is 0 Å². The number of para-hydroxylation sites is 1. The lowest BCUT2D eigenvalue weighted by molar-refractivity contribution is -0.532. The summed E-state index contributed by atoms with van der Waals surface area (Å²) in [5.74, 6) is 1.82. The Morgan fingerprint density at radius 2 is 2.10 bits per heavy atom. The molecule has 0 aliphatic carbocycles. The number of methoxy groups -OCH3 is 1. The quantitative estimate of drug-likeness (QED) is 0.420. The van der Waals surface area contributed by atoms with Gasteiger partial charge >= 0.3 is 0 Å². The van der Waals surface area contributed by atoms with Crippen molar-refractivity contribution in [3.05, 3.63) is 62.7 Å². The molecule has 1 saturated heterocycles. The molecule has 0 radical (unpaired) electrons. The molecule has 2 aromatic rings. The van der Waals surface area contributed by atoms with Gasteiger partial charge in [0.05, 0.1) is 18.1 Å². The highest BCUT2D eigenvalue weighted by Gasteiger charge is 2.67. The molecule has 2 N–H and O–H groups in total. The number of benzene rings is 2. The van der Waals surface area contributed by atoms with E-state index in [0.717, 1.165) is 0 Å². The van der Waals surface area contributed by atoms with Gasteiger partial charge in [-0.3, -0.25) is 20.2 Å². The predicted octanol–water partition coefficient (Wildman–Crippen LogP) is 2.93. The second kappa shape index (κ2) is 7.76. The number of hydrogen-bond donors (Lipinski definition) is 2. The maximum atomic E-state index is 13.1. The number of nitrogens with zero attached hydrogens (tertiary/aromatic N) is 1. The van der Waals surface area contributed by atoms with Gasteiger partial charge in [0.25, 0.3) is 11.9 Å². The van der Waals surface area contributed by atoms with Gasteiger partial charge < -0.3 is 14.8 Å². The Balaban J connectivity index is 1.85. The van der Waals surface area contributed by atoms with E-state index >= 15 is 0 Å². The van der Waals surface area contributed by atoms with Gasteiger partial charge in [-0.15, -0.1) is 6.42 Å². The van der Waals surface area contributed by atoms with Crippen LogP contribution in [0.4, 0.5) is 5.69 Å². The van der Waals surface area contributed by atoms with Crippen molar-refractivity contribution >= 4 is 23.2 Å². The molecule has 31 heavy (non-hydrogen) atoms. The predicted molar refractivity (Wildman–Crippen MR) is 115 cm³/mol. The van der Waals surface area contributed by atoms with Gasteiger partial charge in [-0.2, -0.15) is 0 Å². The number of nitro groups is 1. The van der Waals surface area contributed by atoms with Crippen LogP contribution >= 0.6 is 11.6 Å². The summed E-state index contributed by atoms with van der Waals surface area (Å²) in [4.78, 5) is 25.1. The van der Waals surface area contributed by atoms with E-state index in [1.54, 1.807) is 36.4 Å². The smallest absolute Gasteiger partial charge is 0.256 e. The summed E-state index contributed by atoms with van der Waals surface area (Å²) in [6, 6.07) is 8.56. The Hall–Kier alpha value is -3.28. The third kappa shape index (κ3) is 3.09. The number of anilines is 1. The van der Waals surface area contributed by atoms with Gasteiger partial charge in [0.15, 0.2) is 17.0 Å². The number of terminal acetylenes is 1.